The van der Waals surface area contributed by atoms with Crippen LogP contribution in [0.3, 0.4) is 0 Å². The molecule has 1 amide bonds. The summed E-state index contributed by atoms with van der Waals surface area (Å²) in [6.45, 7) is 2.87. The van der Waals surface area contributed by atoms with Crippen LogP contribution in [0.2, 0.25) is 0 Å². The number of rotatable bonds is 4. The summed E-state index contributed by atoms with van der Waals surface area (Å²) < 4.78 is 5.60. The number of likely N-dealkylation sites (tertiary alicyclic amines) is 1. The number of nitrogens with zero attached hydrogens (tertiary/aromatic N) is 2. The lowest BCUT2D eigenvalue weighted by atomic mass is 10.0. The van der Waals surface area contributed by atoms with Crippen molar-refractivity contribution in [2.75, 3.05) is 13.2 Å². The van der Waals surface area contributed by atoms with Crippen LogP contribution < -0.4 is 4.74 Å². The Bertz CT molecular complexity index is 627. The molecule has 1 fully saturated rings. The number of carbonyl (C=O) groups is 1. The molecule has 2 aromatic rings. The van der Waals surface area contributed by atoms with E-state index in [9.17, 15) is 4.79 Å². The molecule has 0 saturated carbocycles. The summed E-state index contributed by atoms with van der Waals surface area (Å²) in [6.07, 6.45) is 3.19. The molecule has 5 heteroatoms. The van der Waals surface area contributed by atoms with Crippen molar-refractivity contribution in [1.29, 1.82) is 0 Å². The van der Waals surface area contributed by atoms with E-state index in [1.807, 2.05) is 47.5 Å². The summed E-state index contributed by atoms with van der Waals surface area (Å²) in [7, 11) is 0. The highest BCUT2D eigenvalue weighted by Gasteiger charge is 2.30. The van der Waals surface area contributed by atoms with Gasteiger partial charge in [-0.3, -0.25) is 4.79 Å². The zero-order chi connectivity index (χ0) is 15.4. The molecule has 22 heavy (non-hydrogen) atoms. The number of thiazole rings is 1. The van der Waals surface area contributed by atoms with Crippen molar-refractivity contribution in [3.05, 3.63) is 46.4 Å². The molecule has 0 aliphatic carbocycles. The maximum atomic E-state index is 12.5. The molecule has 0 N–H and O–H groups in total. The quantitative estimate of drug-likeness (QED) is 0.866. The van der Waals surface area contributed by atoms with E-state index in [2.05, 4.69) is 4.98 Å². The number of aryl methyl sites for hydroxylation is 1. The lowest BCUT2D eigenvalue weighted by Gasteiger charge is -2.34. The van der Waals surface area contributed by atoms with Crippen LogP contribution in [0.1, 0.15) is 36.0 Å². The summed E-state index contributed by atoms with van der Waals surface area (Å²) in [6, 6.07) is 9.58. The van der Waals surface area contributed by atoms with Crippen molar-refractivity contribution in [3.8, 4) is 5.75 Å². The van der Waals surface area contributed by atoms with Crippen LogP contribution in [0, 0.1) is 6.92 Å². The van der Waals surface area contributed by atoms with Crippen molar-refractivity contribution in [1.82, 2.24) is 9.88 Å². The van der Waals surface area contributed by atoms with Gasteiger partial charge in [-0.25, -0.2) is 4.98 Å². The van der Waals surface area contributed by atoms with E-state index in [1.165, 1.54) is 0 Å². The second-order valence-corrected chi connectivity index (χ2v) is 6.42. The van der Waals surface area contributed by atoms with Gasteiger partial charge in [-0.15, -0.1) is 11.3 Å². The Morgan fingerprint density at radius 2 is 2.18 bits per heavy atom. The fraction of sp³-hybridized carbons (Fsp3) is 0.412. The molecule has 1 aromatic carbocycles. The van der Waals surface area contributed by atoms with Gasteiger partial charge in [-0.1, -0.05) is 18.2 Å². The standard InChI is InChI=1S/C17H20N2O2S/c1-13-12-22-17(18-13)15-9-5-6-10-19(15)16(20)11-21-14-7-3-2-4-8-14/h2-4,7-8,12,15H,5-6,9-11H2,1H3/t15-/m0/s1. The van der Waals surface area contributed by atoms with Crippen LogP contribution in [-0.4, -0.2) is 28.9 Å². The van der Waals surface area contributed by atoms with Gasteiger partial charge in [0.05, 0.1) is 6.04 Å². The van der Waals surface area contributed by atoms with Gasteiger partial charge in [0.1, 0.15) is 10.8 Å². The third-order valence-corrected chi connectivity index (χ3v) is 4.91. The Labute approximate surface area is 134 Å². The molecule has 0 radical (unpaired) electrons. The van der Waals surface area contributed by atoms with E-state index in [4.69, 9.17) is 4.74 Å². The molecular formula is C17H20N2O2S. The maximum absolute atomic E-state index is 12.5. The molecule has 3 rings (SSSR count). The van der Waals surface area contributed by atoms with E-state index in [-0.39, 0.29) is 18.6 Å². The van der Waals surface area contributed by atoms with Crippen LogP contribution in [0.25, 0.3) is 0 Å². The number of aromatic nitrogens is 1. The smallest absolute Gasteiger partial charge is 0.261 e. The molecule has 4 nitrogen and oxygen atoms in total. The number of benzene rings is 1. The molecule has 1 aliphatic heterocycles. The van der Waals surface area contributed by atoms with Gasteiger partial charge >= 0.3 is 0 Å². The molecule has 0 spiro atoms. The Morgan fingerprint density at radius 1 is 1.36 bits per heavy atom. The van der Waals surface area contributed by atoms with Crippen molar-refractivity contribution >= 4 is 17.2 Å². The SMILES string of the molecule is Cc1csc([C@@H]2CCCCN2C(=O)COc2ccccc2)n1. The Balaban J connectivity index is 1.66. The Kier molecular flexibility index (Phi) is 4.73. The maximum Gasteiger partial charge on any atom is 0.261 e. The number of carbonyl (C=O) groups excluding carboxylic acids is 1. The lowest BCUT2D eigenvalue weighted by molar-refractivity contribution is -0.137. The summed E-state index contributed by atoms with van der Waals surface area (Å²) in [4.78, 5) is 19.0. The first kappa shape index (κ1) is 15.0. The third-order valence-electron chi connectivity index (χ3n) is 3.85. The van der Waals surface area contributed by atoms with Gasteiger partial charge in [0.15, 0.2) is 6.61 Å². The molecule has 1 aliphatic rings. The summed E-state index contributed by atoms with van der Waals surface area (Å²) in [5, 5.41) is 3.10. The third kappa shape index (κ3) is 3.47. The van der Waals surface area contributed by atoms with E-state index in [1.54, 1.807) is 11.3 Å². The normalized spacial score (nSPS) is 18.2. The number of hydrogen-bond donors (Lipinski definition) is 0. The van der Waals surface area contributed by atoms with Crippen molar-refractivity contribution in [2.45, 2.75) is 32.2 Å². The average Bonchev–Trinajstić information content (AvgIpc) is 3.00. The molecule has 2 heterocycles. The summed E-state index contributed by atoms with van der Waals surface area (Å²) in [5.74, 6) is 0.774. The highest BCUT2D eigenvalue weighted by atomic mass is 32.1. The van der Waals surface area contributed by atoms with E-state index in [0.717, 1.165) is 42.3 Å². The molecule has 0 bridgehead atoms. The summed E-state index contributed by atoms with van der Waals surface area (Å²) >= 11 is 1.65. The van der Waals surface area contributed by atoms with Crippen LogP contribution in [0.4, 0.5) is 0 Å². The van der Waals surface area contributed by atoms with E-state index in [0.29, 0.717) is 0 Å². The van der Waals surface area contributed by atoms with E-state index < -0.39 is 0 Å². The molecular weight excluding hydrogens is 296 g/mol. The second-order valence-electron chi connectivity index (χ2n) is 5.53. The zero-order valence-corrected chi connectivity index (χ0v) is 13.5. The van der Waals surface area contributed by atoms with Gasteiger partial charge in [0, 0.05) is 17.6 Å². The number of hydrogen-bond acceptors (Lipinski definition) is 4. The van der Waals surface area contributed by atoms with Crippen LogP contribution in [0.15, 0.2) is 35.7 Å². The number of piperidine rings is 1. The Morgan fingerprint density at radius 3 is 2.91 bits per heavy atom. The first-order valence-corrected chi connectivity index (χ1v) is 8.51. The molecule has 1 saturated heterocycles. The number of ether oxygens (including phenoxy) is 1. The van der Waals surface area contributed by atoms with Crippen molar-refractivity contribution in [3.63, 3.8) is 0 Å². The van der Waals surface area contributed by atoms with Crippen molar-refractivity contribution in [2.24, 2.45) is 0 Å². The second kappa shape index (κ2) is 6.92. The topological polar surface area (TPSA) is 42.4 Å². The van der Waals surface area contributed by atoms with Gasteiger partial charge < -0.3 is 9.64 Å². The highest BCUT2D eigenvalue weighted by molar-refractivity contribution is 7.09. The minimum absolute atomic E-state index is 0.0430. The van der Waals surface area contributed by atoms with Gasteiger partial charge in [-0.2, -0.15) is 0 Å². The van der Waals surface area contributed by atoms with Gasteiger partial charge in [0.25, 0.3) is 5.91 Å². The molecule has 1 atom stereocenters. The minimum atomic E-state index is 0.0430. The monoisotopic (exact) mass is 316 g/mol. The molecule has 1 aromatic heterocycles. The van der Waals surface area contributed by atoms with Crippen LogP contribution >= 0.6 is 11.3 Å². The number of para-hydroxylation sites is 1. The predicted octanol–water partition coefficient (Wildman–Crippen LogP) is 3.58. The van der Waals surface area contributed by atoms with Gasteiger partial charge in [-0.05, 0) is 38.3 Å². The molecule has 116 valence electrons. The van der Waals surface area contributed by atoms with Gasteiger partial charge in [0.2, 0.25) is 0 Å². The first-order valence-electron chi connectivity index (χ1n) is 7.63. The van der Waals surface area contributed by atoms with E-state index >= 15 is 0 Å². The highest BCUT2D eigenvalue weighted by Crippen LogP contribution is 2.32. The van der Waals surface area contributed by atoms with Crippen LogP contribution in [-0.2, 0) is 4.79 Å². The fourth-order valence-corrected chi connectivity index (χ4v) is 3.70. The largest absolute Gasteiger partial charge is 0.484 e. The lowest BCUT2D eigenvalue weighted by Crippen LogP contribution is -2.41. The fourth-order valence-electron chi connectivity index (χ4n) is 2.76. The first-order chi connectivity index (χ1) is 10.7. The number of amides is 1. The summed E-state index contributed by atoms with van der Waals surface area (Å²) in [5.41, 5.74) is 1.03. The zero-order valence-electron chi connectivity index (χ0n) is 12.7. The molecule has 0 unspecified atom stereocenters. The minimum Gasteiger partial charge on any atom is -0.484 e. The van der Waals surface area contributed by atoms with Crippen LogP contribution in [0.5, 0.6) is 5.75 Å². The average molecular weight is 316 g/mol. The predicted molar refractivity (Wildman–Crippen MR) is 87.1 cm³/mol. The Hall–Kier alpha value is -1.88. The van der Waals surface area contributed by atoms with Crippen molar-refractivity contribution < 1.29 is 9.53 Å².